The van der Waals surface area contributed by atoms with E-state index in [0.29, 0.717) is 5.92 Å². The van der Waals surface area contributed by atoms with Crippen LogP contribution in [0.1, 0.15) is 27.6 Å². The van der Waals surface area contributed by atoms with Crippen molar-refractivity contribution in [1.29, 1.82) is 0 Å². The Morgan fingerprint density at radius 3 is 2.68 bits per heavy atom. The summed E-state index contributed by atoms with van der Waals surface area (Å²) in [6.07, 6.45) is 0.993. The van der Waals surface area contributed by atoms with Crippen LogP contribution in [0, 0.1) is 0 Å². The Morgan fingerprint density at radius 2 is 2.00 bits per heavy atom. The van der Waals surface area contributed by atoms with Crippen LogP contribution in [0.5, 0.6) is 0 Å². The van der Waals surface area contributed by atoms with Gasteiger partial charge in [0.25, 0.3) is 5.91 Å². The lowest BCUT2D eigenvalue weighted by molar-refractivity contribution is 0.0684. The van der Waals surface area contributed by atoms with Crippen molar-refractivity contribution in [2.45, 2.75) is 18.4 Å². The van der Waals surface area contributed by atoms with Crippen molar-refractivity contribution in [2.75, 3.05) is 20.1 Å². The van der Waals surface area contributed by atoms with Crippen LogP contribution in [0.3, 0.4) is 0 Å². The highest BCUT2D eigenvalue weighted by molar-refractivity contribution is 7.12. The standard InChI is InChI=1S/C17H20N2OS.ClH/c1-19(17(20)16-8-5-11-21-16)15-9-10-18-12-14(15)13-6-3-2-4-7-13;/h2-8,11,14-15,18H,9-10,12H2,1H3;1H. The number of nitrogens with zero attached hydrogens (tertiary/aromatic N) is 1. The van der Waals surface area contributed by atoms with Crippen LogP contribution in [-0.4, -0.2) is 37.0 Å². The number of nitrogens with one attached hydrogen (secondary N) is 1. The van der Waals surface area contributed by atoms with Crippen LogP contribution in [-0.2, 0) is 0 Å². The maximum Gasteiger partial charge on any atom is 0.263 e. The molecule has 0 aliphatic carbocycles. The topological polar surface area (TPSA) is 32.3 Å². The average Bonchev–Trinajstić information content (AvgIpc) is 3.09. The third kappa shape index (κ3) is 3.51. The summed E-state index contributed by atoms with van der Waals surface area (Å²) in [5.41, 5.74) is 1.31. The van der Waals surface area contributed by atoms with E-state index in [1.54, 1.807) is 0 Å². The number of benzene rings is 1. The summed E-state index contributed by atoms with van der Waals surface area (Å²) in [5.74, 6) is 0.492. The van der Waals surface area contributed by atoms with E-state index in [1.165, 1.54) is 16.9 Å². The molecule has 1 saturated heterocycles. The van der Waals surface area contributed by atoms with Gasteiger partial charge in [0.2, 0.25) is 0 Å². The lowest BCUT2D eigenvalue weighted by atomic mass is 9.86. The van der Waals surface area contributed by atoms with Crippen LogP contribution in [0.4, 0.5) is 0 Å². The lowest BCUT2D eigenvalue weighted by Crippen LogP contribution is -2.48. The fraction of sp³-hybridized carbons (Fsp3) is 0.353. The van der Waals surface area contributed by atoms with Crippen LogP contribution in [0.2, 0.25) is 0 Å². The molecule has 1 aliphatic heterocycles. The summed E-state index contributed by atoms with van der Waals surface area (Å²) in [7, 11) is 1.94. The molecule has 1 fully saturated rings. The number of hydrogen-bond donors (Lipinski definition) is 1. The van der Waals surface area contributed by atoms with Crippen LogP contribution >= 0.6 is 23.7 Å². The molecule has 2 aromatic rings. The molecule has 1 N–H and O–H groups in total. The Morgan fingerprint density at radius 1 is 1.23 bits per heavy atom. The molecule has 3 nitrogen and oxygen atoms in total. The van der Waals surface area contributed by atoms with Gasteiger partial charge in [0.15, 0.2) is 0 Å². The molecule has 0 saturated carbocycles. The second-order valence-corrected chi connectivity index (χ2v) is 6.42. The molecular weight excluding hydrogens is 316 g/mol. The van der Waals surface area contributed by atoms with E-state index in [9.17, 15) is 4.79 Å². The minimum atomic E-state index is 0. The van der Waals surface area contributed by atoms with Gasteiger partial charge in [0, 0.05) is 25.6 Å². The number of amides is 1. The van der Waals surface area contributed by atoms with E-state index in [1.807, 2.05) is 35.5 Å². The first kappa shape index (κ1) is 17.0. The highest BCUT2D eigenvalue weighted by Crippen LogP contribution is 2.28. The van der Waals surface area contributed by atoms with Gasteiger partial charge in [-0.1, -0.05) is 36.4 Å². The van der Waals surface area contributed by atoms with Crippen LogP contribution in [0.25, 0.3) is 0 Å². The molecule has 1 aliphatic rings. The molecule has 0 spiro atoms. The molecule has 22 heavy (non-hydrogen) atoms. The van der Waals surface area contributed by atoms with Gasteiger partial charge in [-0.05, 0) is 30.0 Å². The van der Waals surface area contributed by atoms with Crippen molar-refractivity contribution >= 4 is 29.7 Å². The molecule has 2 heterocycles. The van der Waals surface area contributed by atoms with Gasteiger partial charge in [-0.15, -0.1) is 23.7 Å². The predicted molar refractivity (Wildman–Crippen MR) is 94.1 cm³/mol. The zero-order chi connectivity index (χ0) is 14.7. The van der Waals surface area contributed by atoms with Crippen LogP contribution in [0.15, 0.2) is 47.8 Å². The Kier molecular flexibility index (Phi) is 6.00. The Labute approximate surface area is 141 Å². The molecular formula is C17H21ClN2OS. The summed E-state index contributed by atoms with van der Waals surface area (Å²) in [4.78, 5) is 15.4. The highest BCUT2D eigenvalue weighted by Gasteiger charge is 2.32. The first-order valence-electron chi connectivity index (χ1n) is 7.33. The van der Waals surface area contributed by atoms with E-state index < -0.39 is 0 Å². The molecule has 5 heteroatoms. The predicted octanol–water partition coefficient (Wildman–Crippen LogP) is 3.39. The first-order valence-corrected chi connectivity index (χ1v) is 8.21. The lowest BCUT2D eigenvalue weighted by Gasteiger charge is -2.38. The van der Waals surface area contributed by atoms with Gasteiger partial charge >= 0.3 is 0 Å². The Balaban J connectivity index is 0.00000176. The van der Waals surface area contributed by atoms with E-state index >= 15 is 0 Å². The highest BCUT2D eigenvalue weighted by atomic mass is 35.5. The number of likely N-dealkylation sites (N-methyl/N-ethyl adjacent to an activating group) is 1. The monoisotopic (exact) mass is 336 g/mol. The number of rotatable bonds is 3. The van der Waals surface area contributed by atoms with Gasteiger partial charge in [0.1, 0.15) is 0 Å². The zero-order valence-corrected chi connectivity index (χ0v) is 14.2. The Bertz CT molecular complexity index is 588. The van der Waals surface area contributed by atoms with Crippen molar-refractivity contribution in [3.05, 3.63) is 58.3 Å². The zero-order valence-electron chi connectivity index (χ0n) is 12.6. The SMILES string of the molecule is CN(C(=O)c1cccs1)C1CCNCC1c1ccccc1.Cl. The van der Waals surface area contributed by atoms with Crippen molar-refractivity contribution in [3.8, 4) is 0 Å². The van der Waals surface area contributed by atoms with Crippen molar-refractivity contribution in [3.63, 3.8) is 0 Å². The van der Waals surface area contributed by atoms with Gasteiger partial charge in [-0.25, -0.2) is 0 Å². The van der Waals surface area contributed by atoms with Gasteiger partial charge in [-0.2, -0.15) is 0 Å². The molecule has 0 bridgehead atoms. The summed E-state index contributed by atoms with van der Waals surface area (Å²) in [6.45, 7) is 1.90. The van der Waals surface area contributed by atoms with E-state index in [2.05, 4.69) is 29.6 Å². The second-order valence-electron chi connectivity index (χ2n) is 5.47. The maximum atomic E-state index is 12.6. The summed E-state index contributed by atoms with van der Waals surface area (Å²) < 4.78 is 0. The molecule has 2 atom stereocenters. The molecule has 2 unspecified atom stereocenters. The van der Waals surface area contributed by atoms with Crippen molar-refractivity contribution < 1.29 is 4.79 Å². The number of carbonyl (C=O) groups is 1. The molecule has 1 aromatic heterocycles. The molecule has 1 aromatic carbocycles. The molecule has 1 amide bonds. The van der Waals surface area contributed by atoms with Crippen molar-refractivity contribution in [1.82, 2.24) is 10.2 Å². The average molecular weight is 337 g/mol. The smallest absolute Gasteiger partial charge is 0.263 e. The van der Waals surface area contributed by atoms with Gasteiger partial charge in [-0.3, -0.25) is 4.79 Å². The van der Waals surface area contributed by atoms with E-state index in [0.717, 1.165) is 24.4 Å². The summed E-state index contributed by atoms with van der Waals surface area (Å²) in [6, 6.07) is 14.6. The van der Waals surface area contributed by atoms with Gasteiger partial charge in [0.05, 0.1) is 4.88 Å². The quantitative estimate of drug-likeness (QED) is 0.931. The van der Waals surface area contributed by atoms with Crippen LogP contribution < -0.4 is 5.32 Å². The van der Waals surface area contributed by atoms with E-state index in [-0.39, 0.29) is 24.4 Å². The number of hydrogen-bond acceptors (Lipinski definition) is 3. The Hall–Kier alpha value is -1.36. The minimum Gasteiger partial charge on any atom is -0.337 e. The van der Waals surface area contributed by atoms with Crippen molar-refractivity contribution in [2.24, 2.45) is 0 Å². The summed E-state index contributed by atoms with van der Waals surface area (Å²) >= 11 is 1.51. The minimum absolute atomic E-state index is 0. The fourth-order valence-electron chi connectivity index (χ4n) is 3.07. The molecule has 0 radical (unpaired) electrons. The molecule has 118 valence electrons. The van der Waals surface area contributed by atoms with E-state index in [4.69, 9.17) is 0 Å². The largest absolute Gasteiger partial charge is 0.337 e. The van der Waals surface area contributed by atoms with Gasteiger partial charge < -0.3 is 10.2 Å². The molecule has 3 rings (SSSR count). The number of thiophene rings is 1. The summed E-state index contributed by atoms with van der Waals surface area (Å²) in [5, 5.41) is 5.41. The number of carbonyl (C=O) groups excluding carboxylic acids is 1. The third-order valence-corrected chi connectivity index (χ3v) is 5.08. The third-order valence-electron chi connectivity index (χ3n) is 4.22. The first-order chi connectivity index (χ1) is 10.3. The fourth-order valence-corrected chi connectivity index (χ4v) is 3.78. The second kappa shape index (κ2) is 7.77. The maximum absolute atomic E-state index is 12.6. The normalized spacial score (nSPS) is 21.0. The number of halogens is 1. The number of piperidine rings is 1.